The van der Waals surface area contributed by atoms with Gasteiger partial charge in [0.2, 0.25) is 0 Å². The molecule has 1 N–H and O–H groups in total. The van der Waals surface area contributed by atoms with Crippen LogP contribution in [0.1, 0.15) is 22.0 Å². The molecule has 6 heteroatoms. The molecule has 2 aromatic rings. The fourth-order valence-corrected chi connectivity index (χ4v) is 1.59. The van der Waals surface area contributed by atoms with Crippen LogP contribution in [0.4, 0.5) is 4.39 Å². The van der Waals surface area contributed by atoms with Gasteiger partial charge >= 0.3 is 0 Å². The van der Waals surface area contributed by atoms with Crippen LogP contribution in [0.3, 0.4) is 0 Å². The summed E-state index contributed by atoms with van der Waals surface area (Å²) in [6.45, 7) is 2.06. The molecule has 0 aliphatic rings. The molecule has 0 unspecified atom stereocenters. The number of benzene rings is 1. The van der Waals surface area contributed by atoms with Crippen molar-refractivity contribution in [2.75, 3.05) is 7.05 Å². The van der Waals surface area contributed by atoms with Gasteiger partial charge in [-0.2, -0.15) is 5.10 Å². The maximum absolute atomic E-state index is 13.0. The summed E-state index contributed by atoms with van der Waals surface area (Å²) in [6.07, 6.45) is 0. The molecule has 0 bridgehead atoms. The molecule has 0 atom stereocenters. The second-order valence-electron chi connectivity index (χ2n) is 4.01. The topological polar surface area (TPSA) is 61.9 Å². The lowest BCUT2D eigenvalue weighted by molar-refractivity contribution is 0.0781. The number of amides is 1. The number of carbonyl (C=O) groups excluding carboxylic acids is 1. The van der Waals surface area contributed by atoms with E-state index in [0.29, 0.717) is 17.2 Å². The first-order valence-corrected chi connectivity index (χ1v) is 5.45. The molecule has 1 aromatic carbocycles. The van der Waals surface area contributed by atoms with E-state index in [1.54, 1.807) is 20.0 Å². The maximum Gasteiger partial charge on any atom is 0.254 e. The van der Waals surface area contributed by atoms with E-state index in [4.69, 9.17) is 0 Å². The van der Waals surface area contributed by atoms with Gasteiger partial charge in [-0.3, -0.25) is 9.89 Å². The van der Waals surface area contributed by atoms with Crippen LogP contribution in [0.2, 0.25) is 0 Å². The van der Waals surface area contributed by atoms with Crippen molar-refractivity contribution in [1.29, 1.82) is 0 Å². The molecule has 18 heavy (non-hydrogen) atoms. The first kappa shape index (κ1) is 12.2. The number of hydrogen-bond donors (Lipinski definition) is 1. The van der Waals surface area contributed by atoms with Crippen molar-refractivity contribution in [3.05, 3.63) is 47.3 Å². The van der Waals surface area contributed by atoms with Crippen molar-refractivity contribution >= 4 is 5.91 Å². The van der Waals surface area contributed by atoms with Gasteiger partial charge in [-0.05, 0) is 25.1 Å². The highest BCUT2D eigenvalue weighted by Crippen LogP contribution is 2.08. The van der Waals surface area contributed by atoms with E-state index in [-0.39, 0.29) is 12.5 Å². The van der Waals surface area contributed by atoms with Crippen molar-refractivity contribution in [2.45, 2.75) is 13.5 Å². The predicted octanol–water partition coefficient (Wildman–Crippen LogP) is 1.52. The van der Waals surface area contributed by atoms with E-state index < -0.39 is 5.82 Å². The molecule has 0 saturated heterocycles. The lowest BCUT2D eigenvalue weighted by Crippen LogP contribution is -2.26. The Morgan fingerprint density at radius 3 is 2.89 bits per heavy atom. The zero-order valence-corrected chi connectivity index (χ0v) is 10.1. The zero-order chi connectivity index (χ0) is 13.1. The number of aryl methyl sites for hydroxylation is 1. The Morgan fingerprint density at radius 1 is 1.50 bits per heavy atom. The van der Waals surface area contributed by atoms with Crippen molar-refractivity contribution in [2.24, 2.45) is 0 Å². The number of aromatic amines is 1. The molecule has 0 aliphatic carbocycles. The quantitative estimate of drug-likeness (QED) is 0.895. The maximum atomic E-state index is 13.0. The average Bonchev–Trinajstić information content (AvgIpc) is 2.73. The van der Waals surface area contributed by atoms with Crippen LogP contribution in [-0.4, -0.2) is 33.0 Å². The van der Waals surface area contributed by atoms with E-state index >= 15 is 0 Å². The number of H-pyrrole nitrogens is 1. The Kier molecular flexibility index (Phi) is 3.36. The second-order valence-corrected chi connectivity index (χ2v) is 4.01. The lowest BCUT2D eigenvalue weighted by Gasteiger charge is -2.15. The van der Waals surface area contributed by atoms with E-state index in [1.807, 2.05) is 0 Å². The summed E-state index contributed by atoms with van der Waals surface area (Å²) in [5, 5.41) is 6.65. The summed E-state index contributed by atoms with van der Waals surface area (Å²) in [5.41, 5.74) is 0.310. The Hall–Kier alpha value is -2.24. The van der Waals surface area contributed by atoms with Crippen LogP contribution >= 0.6 is 0 Å². The van der Waals surface area contributed by atoms with Gasteiger partial charge in [-0.15, -0.1) is 0 Å². The summed E-state index contributed by atoms with van der Waals surface area (Å²) in [7, 11) is 1.62. The normalized spacial score (nSPS) is 10.4. The van der Waals surface area contributed by atoms with E-state index in [1.165, 1.54) is 23.1 Å². The number of aromatic nitrogens is 3. The molecular weight excluding hydrogens is 235 g/mol. The highest BCUT2D eigenvalue weighted by Gasteiger charge is 2.14. The van der Waals surface area contributed by atoms with Crippen LogP contribution in [0.5, 0.6) is 0 Å². The molecule has 0 fully saturated rings. The molecule has 0 radical (unpaired) electrons. The van der Waals surface area contributed by atoms with Crippen molar-refractivity contribution in [3.63, 3.8) is 0 Å². The third kappa shape index (κ3) is 2.71. The molecule has 0 aliphatic heterocycles. The number of hydrogen-bond acceptors (Lipinski definition) is 3. The lowest BCUT2D eigenvalue weighted by atomic mass is 10.2. The number of nitrogens with zero attached hydrogens (tertiary/aromatic N) is 3. The Bertz CT molecular complexity index is 567. The van der Waals surface area contributed by atoms with Crippen LogP contribution < -0.4 is 0 Å². The standard InChI is InChI=1S/C12H13FN4O/c1-8-14-11(16-15-8)7-17(2)12(18)9-4-3-5-10(13)6-9/h3-6H,7H2,1-2H3,(H,14,15,16). The largest absolute Gasteiger partial charge is 0.334 e. The highest BCUT2D eigenvalue weighted by molar-refractivity contribution is 5.93. The van der Waals surface area contributed by atoms with Crippen molar-refractivity contribution < 1.29 is 9.18 Å². The molecule has 0 spiro atoms. The van der Waals surface area contributed by atoms with Gasteiger partial charge < -0.3 is 4.90 Å². The summed E-state index contributed by atoms with van der Waals surface area (Å²) in [5.74, 6) is 0.524. The first-order chi connectivity index (χ1) is 8.56. The molecule has 1 amide bonds. The van der Waals surface area contributed by atoms with E-state index in [0.717, 1.165) is 0 Å². The van der Waals surface area contributed by atoms with Gasteiger partial charge in [-0.1, -0.05) is 6.07 Å². The first-order valence-electron chi connectivity index (χ1n) is 5.45. The van der Waals surface area contributed by atoms with Gasteiger partial charge in [0.1, 0.15) is 11.6 Å². The van der Waals surface area contributed by atoms with E-state index in [2.05, 4.69) is 15.2 Å². The molecular formula is C12H13FN4O. The van der Waals surface area contributed by atoms with Gasteiger partial charge in [-0.25, -0.2) is 9.37 Å². The SMILES string of the molecule is Cc1nc(CN(C)C(=O)c2cccc(F)c2)n[nH]1. The van der Waals surface area contributed by atoms with Crippen LogP contribution in [0, 0.1) is 12.7 Å². The van der Waals surface area contributed by atoms with Crippen LogP contribution in [0.25, 0.3) is 0 Å². The van der Waals surface area contributed by atoms with Crippen LogP contribution in [0.15, 0.2) is 24.3 Å². The number of nitrogens with one attached hydrogen (secondary N) is 1. The Labute approximate surface area is 104 Å². The Balaban J connectivity index is 2.09. The summed E-state index contributed by atoms with van der Waals surface area (Å²) >= 11 is 0. The second kappa shape index (κ2) is 4.95. The van der Waals surface area contributed by atoms with Crippen molar-refractivity contribution in [1.82, 2.24) is 20.1 Å². The van der Waals surface area contributed by atoms with Gasteiger partial charge in [0.05, 0.1) is 6.54 Å². The average molecular weight is 248 g/mol. The smallest absolute Gasteiger partial charge is 0.254 e. The van der Waals surface area contributed by atoms with Gasteiger partial charge in [0, 0.05) is 12.6 Å². The zero-order valence-electron chi connectivity index (χ0n) is 10.1. The van der Waals surface area contributed by atoms with Crippen LogP contribution in [-0.2, 0) is 6.54 Å². The van der Waals surface area contributed by atoms with Gasteiger partial charge in [0.25, 0.3) is 5.91 Å². The third-order valence-electron chi connectivity index (χ3n) is 2.44. The van der Waals surface area contributed by atoms with Crippen molar-refractivity contribution in [3.8, 4) is 0 Å². The minimum Gasteiger partial charge on any atom is -0.334 e. The minimum absolute atomic E-state index is 0.267. The summed E-state index contributed by atoms with van der Waals surface area (Å²) in [4.78, 5) is 17.6. The Morgan fingerprint density at radius 2 is 2.28 bits per heavy atom. The summed E-state index contributed by atoms with van der Waals surface area (Å²) in [6, 6.07) is 5.59. The summed E-state index contributed by atoms with van der Waals surface area (Å²) < 4.78 is 13.0. The fraction of sp³-hybridized carbons (Fsp3) is 0.250. The fourth-order valence-electron chi connectivity index (χ4n) is 1.59. The minimum atomic E-state index is -0.428. The molecule has 1 heterocycles. The molecule has 5 nitrogen and oxygen atoms in total. The molecule has 94 valence electrons. The monoisotopic (exact) mass is 248 g/mol. The molecule has 2 rings (SSSR count). The third-order valence-corrected chi connectivity index (χ3v) is 2.44. The van der Waals surface area contributed by atoms with Gasteiger partial charge in [0.15, 0.2) is 5.82 Å². The van der Waals surface area contributed by atoms with E-state index in [9.17, 15) is 9.18 Å². The number of rotatable bonds is 3. The number of carbonyl (C=O) groups is 1. The predicted molar refractivity (Wildman–Crippen MR) is 63.3 cm³/mol. The highest BCUT2D eigenvalue weighted by atomic mass is 19.1. The molecule has 0 saturated carbocycles. The molecule has 1 aromatic heterocycles. The number of halogens is 1.